The summed E-state index contributed by atoms with van der Waals surface area (Å²) >= 11 is 0. The molecule has 2 aromatic carbocycles. The lowest BCUT2D eigenvalue weighted by atomic mass is 9.99. The van der Waals surface area contributed by atoms with E-state index in [1.807, 2.05) is 37.3 Å². The smallest absolute Gasteiger partial charge is 0.305 e. The Morgan fingerprint density at radius 3 is 2.59 bits per heavy atom. The number of hydrogen-bond donors (Lipinski definition) is 2. The van der Waals surface area contributed by atoms with Crippen molar-refractivity contribution in [3.05, 3.63) is 47.5 Å². The molecule has 0 aromatic heterocycles. The molecule has 17 heavy (non-hydrogen) atoms. The van der Waals surface area contributed by atoms with Crippen molar-refractivity contribution in [2.24, 2.45) is 5.73 Å². The van der Waals surface area contributed by atoms with E-state index >= 15 is 0 Å². The van der Waals surface area contributed by atoms with Crippen LogP contribution in [0.4, 0.5) is 0 Å². The van der Waals surface area contributed by atoms with E-state index in [1.165, 1.54) is 5.56 Å². The van der Waals surface area contributed by atoms with Gasteiger partial charge in [0.25, 0.3) is 0 Å². The summed E-state index contributed by atoms with van der Waals surface area (Å²) in [4.78, 5) is 10.6. The first-order valence-corrected chi connectivity index (χ1v) is 5.54. The number of carboxylic acid groups (broad SMARTS) is 1. The van der Waals surface area contributed by atoms with Crippen molar-refractivity contribution in [2.75, 3.05) is 0 Å². The Morgan fingerprint density at radius 2 is 1.88 bits per heavy atom. The fourth-order valence-corrected chi connectivity index (χ4v) is 1.92. The molecule has 1 atom stereocenters. The zero-order chi connectivity index (χ0) is 12.4. The number of fused-ring (bicyclic) bond motifs is 1. The highest BCUT2D eigenvalue weighted by atomic mass is 16.4. The highest BCUT2D eigenvalue weighted by molar-refractivity contribution is 5.84. The lowest BCUT2D eigenvalue weighted by Crippen LogP contribution is -2.14. The van der Waals surface area contributed by atoms with Gasteiger partial charge in [-0.05, 0) is 29.3 Å². The maximum atomic E-state index is 10.6. The summed E-state index contributed by atoms with van der Waals surface area (Å²) in [5.74, 6) is -0.874. The molecule has 0 amide bonds. The van der Waals surface area contributed by atoms with Gasteiger partial charge in [-0.3, -0.25) is 4.79 Å². The molecule has 0 aliphatic heterocycles. The highest BCUT2D eigenvalue weighted by Crippen LogP contribution is 2.22. The Labute approximate surface area is 99.9 Å². The van der Waals surface area contributed by atoms with Crippen LogP contribution in [0.25, 0.3) is 10.8 Å². The maximum Gasteiger partial charge on any atom is 0.305 e. The number of benzene rings is 2. The lowest BCUT2D eigenvalue weighted by Gasteiger charge is -2.10. The fraction of sp³-hybridized carbons (Fsp3) is 0.214. The minimum Gasteiger partial charge on any atom is -0.481 e. The van der Waals surface area contributed by atoms with Gasteiger partial charge in [-0.25, -0.2) is 0 Å². The van der Waals surface area contributed by atoms with Crippen LogP contribution in [0.5, 0.6) is 0 Å². The Kier molecular flexibility index (Phi) is 3.11. The van der Waals surface area contributed by atoms with Gasteiger partial charge in [-0.15, -0.1) is 0 Å². The maximum absolute atomic E-state index is 10.6. The first-order chi connectivity index (χ1) is 8.06. The standard InChI is InChI=1S/C14H15NO2/c1-9-2-3-11-7-12(5-4-10(11)6-9)13(15)8-14(16)17/h2-7,13H,8,15H2,1H3,(H,16,17). The number of carbonyl (C=O) groups is 1. The van der Waals surface area contributed by atoms with Crippen molar-refractivity contribution >= 4 is 16.7 Å². The molecule has 0 aliphatic rings. The first-order valence-electron chi connectivity index (χ1n) is 5.54. The summed E-state index contributed by atoms with van der Waals surface area (Å²) in [6.45, 7) is 2.05. The van der Waals surface area contributed by atoms with Gasteiger partial charge in [-0.1, -0.05) is 35.9 Å². The third-order valence-electron chi connectivity index (χ3n) is 2.84. The van der Waals surface area contributed by atoms with Crippen molar-refractivity contribution in [3.8, 4) is 0 Å². The van der Waals surface area contributed by atoms with E-state index in [9.17, 15) is 4.79 Å². The molecule has 88 valence electrons. The van der Waals surface area contributed by atoms with Gasteiger partial charge >= 0.3 is 5.97 Å². The molecule has 0 aliphatic carbocycles. The summed E-state index contributed by atoms with van der Waals surface area (Å²) in [5, 5.41) is 11.0. The summed E-state index contributed by atoms with van der Waals surface area (Å²) < 4.78 is 0. The predicted octanol–water partition coefficient (Wildman–Crippen LogP) is 2.62. The van der Waals surface area contributed by atoms with E-state index in [-0.39, 0.29) is 6.42 Å². The fourth-order valence-electron chi connectivity index (χ4n) is 1.92. The second-order valence-electron chi connectivity index (χ2n) is 4.31. The lowest BCUT2D eigenvalue weighted by molar-refractivity contribution is -0.137. The number of carboxylic acids is 1. The Morgan fingerprint density at radius 1 is 1.24 bits per heavy atom. The second kappa shape index (κ2) is 4.55. The largest absolute Gasteiger partial charge is 0.481 e. The SMILES string of the molecule is Cc1ccc2cc(C(N)CC(=O)O)ccc2c1. The van der Waals surface area contributed by atoms with Gasteiger partial charge < -0.3 is 10.8 Å². The minimum atomic E-state index is -0.874. The van der Waals surface area contributed by atoms with Crippen LogP contribution in [0.15, 0.2) is 36.4 Å². The van der Waals surface area contributed by atoms with Gasteiger partial charge in [0.05, 0.1) is 6.42 Å². The molecular weight excluding hydrogens is 214 g/mol. The van der Waals surface area contributed by atoms with Crippen LogP contribution in [0.3, 0.4) is 0 Å². The summed E-state index contributed by atoms with van der Waals surface area (Å²) in [7, 11) is 0. The average molecular weight is 229 g/mol. The molecule has 1 unspecified atom stereocenters. The molecule has 0 heterocycles. The summed E-state index contributed by atoms with van der Waals surface area (Å²) in [5.41, 5.74) is 7.91. The Hall–Kier alpha value is -1.87. The van der Waals surface area contributed by atoms with Crippen molar-refractivity contribution in [1.82, 2.24) is 0 Å². The molecule has 0 saturated heterocycles. The molecule has 0 bridgehead atoms. The molecular formula is C14H15NO2. The second-order valence-corrected chi connectivity index (χ2v) is 4.31. The van der Waals surface area contributed by atoms with Crippen LogP contribution in [0.2, 0.25) is 0 Å². The highest BCUT2D eigenvalue weighted by Gasteiger charge is 2.10. The zero-order valence-electron chi connectivity index (χ0n) is 9.68. The van der Waals surface area contributed by atoms with Gasteiger partial charge in [0, 0.05) is 6.04 Å². The zero-order valence-corrected chi connectivity index (χ0v) is 9.68. The third kappa shape index (κ3) is 2.63. The van der Waals surface area contributed by atoms with Crippen LogP contribution < -0.4 is 5.73 Å². The normalized spacial score (nSPS) is 12.6. The van der Waals surface area contributed by atoms with Crippen LogP contribution in [-0.4, -0.2) is 11.1 Å². The molecule has 3 N–H and O–H groups in total. The van der Waals surface area contributed by atoms with Crippen LogP contribution >= 0.6 is 0 Å². The number of nitrogens with two attached hydrogens (primary N) is 1. The Bertz CT molecular complexity index is 563. The van der Waals surface area contributed by atoms with Gasteiger partial charge in [-0.2, -0.15) is 0 Å². The van der Waals surface area contributed by atoms with Crippen molar-refractivity contribution in [2.45, 2.75) is 19.4 Å². The Balaban J connectivity index is 2.37. The third-order valence-corrected chi connectivity index (χ3v) is 2.84. The molecule has 3 nitrogen and oxygen atoms in total. The van der Waals surface area contributed by atoms with E-state index in [0.29, 0.717) is 0 Å². The van der Waals surface area contributed by atoms with Crippen molar-refractivity contribution in [1.29, 1.82) is 0 Å². The molecule has 2 rings (SSSR count). The van der Waals surface area contributed by atoms with Crippen LogP contribution in [0.1, 0.15) is 23.6 Å². The molecule has 2 aromatic rings. The van der Waals surface area contributed by atoms with Crippen LogP contribution in [0, 0.1) is 6.92 Å². The summed E-state index contributed by atoms with van der Waals surface area (Å²) in [6.07, 6.45) is -0.0443. The number of aryl methyl sites for hydroxylation is 1. The average Bonchev–Trinajstić information content (AvgIpc) is 2.27. The van der Waals surface area contributed by atoms with Gasteiger partial charge in [0.1, 0.15) is 0 Å². The first kappa shape index (κ1) is 11.6. The molecule has 0 radical (unpaired) electrons. The van der Waals surface area contributed by atoms with Crippen molar-refractivity contribution in [3.63, 3.8) is 0 Å². The number of aliphatic carboxylic acids is 1. The van der Waals surface area contributed by atoms with Gasteiger partial charge in [0.2, 0.25) is 0 Å². The van der Waals surface area contributed by atoms with E-state index in [0.717, 1.165) is 16.3 Å². The van der Waals surface area contributed by atoms with E-state index in [1.54, 1.807) is 0 Å². The topological polar surface area (TPSA) is 63.3 Å². The van der Waals surface area contributed by atoms with E-state index in [2.05, 4.69) is 6.07 Å². The van der Waals surface area contributed by atoms with Crippen LogP contribution in [-0.2, 0) is 4.79 Å². The molecule has 0 saturated carbocycles. The van der Waals surface area contributed by atoms with E-state index < -0.39 is 12.0 Å². The number of rotatable bonds is 3. The van der Waals surface area contributed by atoms with Crippen molar-refractivity contribution < 1.29 is 9.90 Å². The molecule has 3 heteroatoms. The predicted molar refractivity (Wildman–Crippen MR) is 67.9 cm³/mol. The summed E-state index contributed by atoms with van der Waals surface area (Å²) in [6, 6.07) is 11.6. The molecule has 0 fully saturated rings. The van der Waals surface area contributed by atoms with Gasteiger partial charge in [0.15, 0.2) is 0 Å². The minimum absolute atomic E-state index is 0.0443. The quantitative estimate of drug-likeness (QED) is 0.850. The monoisotopic (exact) mass is 229 g/mol. The van der Waals surface area contributed by atoms with E-state index in [4.69, 9.17) is 10.8 Å². The molecule has 0 spiro atoms. The number of hydrogen-bond acceptors (Lipinski definition) is 2.